The second-order valence-electron chi connectivity index (χ2n) is 7.07. The van der Waals surface area contributed by atoms with Crippen LogP contribution in [-0.4, -0.2) is 59.0 Å². The summed E-state index contributed by atoms with van der Waals surface area (Å²) in [4.78, 5) is 32.0. The van der Waals surface area contributed by atoms with Crippen LogP contribution in [0, 0.1) is 0 Å². The number of piperazine rings is 1. The second-order valence-corrected chi connectivity index (χ2v) is 7.07. The van der Waals surface area contributed by atoms with Crippen LogP contribution in [-0.2, 0) is 6.54 Å². The van der Waals surface area contributed by atoms with E-state index in [-0.39, 0.29) is 5.91 Å². The number of amides is 1. The van der Waals surface area contributed by atoms with Crippen molar-refractivity contribution in [3.8, 4) is 0 Å². The predicted molar refractivity (Wildman–Crippen MR) is 113 cm³/mol. The fourth-order valence-electron chi connectivity index (χ4n) is 3.48. The molecule has 0 unspecified atom stereocenters. The van der Waals surface area contributed by atoms with Gasteiger partial charge in [-0.05, 0) is 23.8 Å². The van der Waals surface area contributed by atoms with Crippen molar-refractivity contribution in [2.45, 2.75) is 6.54 Å². The van der Waals surface area contributed by atoms with Crippen LogP contribution < -0.4 is 9.80 Å². The molecule has 29 heavy (non-hydrogen) atoms. The molecule has 0 N–H and O–H groups in total. The maximum atomic E-state index is 12.8. The van der Waals surface area contributed by atoms with E-state index in [0.717, 1.165) is 43.4 Å². The molecular weight excluding hydrogens is 364 g/mol. The fraction of sp³-hybridized carbons (Fsp3) is 0.273. The number of pyridine rings is 1. The lowest BCUT2D eigenvalue weighted by Gasteiger charge is -2.36. The van der Waals surface area contributed by atoms with Gasteiger partial charge in [0.2, 0.25) is 5.95 Å². The Hall–Kier alpha value is -3.48. The van der Waals surface area contributed by atoms with Gasteiger partial charge in [0.05, 0.1) is 0 Å². The molecule has 7 heteroatoms. The SMILES string of the molecule is CN(Cc1ccccc1)C(=O)c1cc(N2CCN(c3ncccn3)CC2)ccn1. The number of rotatable bonds is 5. The first-order valence-electron chi connectivity index (χ1n) is 9.73. The van der Waals surface area contributed by atoms with Crippen LogP contribution in [0.2, 0.25) is 0 Å². The third-order valence-corrected chi connectivity index (χ3v) is 5.05. The van der Waals surface area contributed by atoms with Gasteiger partial charge in [0.1, 0.15) is 5.69 Å². The first-order valence-corrected chi connectivity index (χ1v) is 9.73. The molecule has 0 spiro atoms. The molecular formula is C22H24N6O. The Kier molecular flexibility index (Phi) is 5.65. The molecule has 1 saturated heterocycles. The van der Waals surface area contributed by atoms with Gasteiger partial charge >= 0.3 is 0 Å². The molecule has 1 fully saturated rings. The standard InChI is InChI=1S/C22H24N6O/c1-26(17-18-6-3-2-4-7-18)21(29)20-16-19(8-11-23-20)27-12-14-28(15-13-27)22-24-9-5-10-25-22/h2-11,16H,12-15,17H2,1H3. The van der Waals surface area contributed by atoms with Crippen molar-refractivity contribution in [2.24, 2.45) is 0 Å². The summed E-state index contributed by atoms with van der Waals surface area (Å²) in [7, 11) is 1.81. The van der Waals surface area contributed by atoms with Crippen LogP contribution in [0.1, 0.15) is 16.1 Å². The van der Waals surface area contributed by atoms with Gasteiger partial charge in [0, 0.05) is 64.0 Å². The van der Waals surface area contributed by atoms with Gasteiger partial charge in [0.15, 0.2) is 0 Å². The number of carbonyl (C=O) groups excluding carboxylic acids is 1. The average Bonchev–Trinajstić information content (AvgIpc) is 2.80. The van der Waals surface area contributed by atoms with E-state index in [4.69, 9.17) is 0 Å². The van der Waals surface area contributed by atoms with Gasteiger partial charge < -0.3 is 14.7 Å². The van der Waals surface area contributed by atoms with Gasteiger partial charge in [-0.3, -0.25) is 9.78 Å². The zero-order valence-electron chi connectivity index (χ0n) is 16.5. The third kappa shape index (κ3) is 4.51. The van der Waals surface area contributed by atoms with E-state index in [1.54, 1.807) is 23.5 Å². The zero-order chi connectivity index (χ0) is 20.1. The summed E-state index contributed by atoms with van der Waals surface area (Å²) in [5.41, 5.74) is 2.58. The van der Waals surface area contributed by atoms with Gasteiger partial charge in [0.25, 0.3) is 5.91 Å². The van der Waals surface area contributed by atoms with Crippen LogP contribution in [0.15, 0.2) is 67.1 Å². The van der Waals surface area contributed by atoms with E-state index in [9.17, 15) is 4.79 Å². The Morgan fingerprint density at radius 1 is 0.897 bits per heavy atom. The first kappa shape index (κ1) is 18.9. The summed E-state index contributed by atoms with van der Waals surface area (Å²) < 4.78 is 0. The van der Waals surface area contributed by atoms with E-state index >= 15 is 0 Å². The van der Waals surface area contributed by atoms with Crippen molar-refractivity contribution in [3.63, 3.8) is 0 Å². The Morgan fingerprint density at radius 2 is 1.59 bits per heavy atom. The highest BCUT2D eigenvalue weighted by molar-refractivity contribution is 5.93. The number of nitrogens with zero attached hydrogens (tertiary/aromatic N) is 6. The number of aromatic nitrogens is 3. The molecule has 0 aliphatic carbocycles. The minimum Gasteiger partial charge on any atom is -0.368 e. The number of benzene rings is 1. The summed E-state index contributed by atoms with van der Waals surface area (Å²) in [6.07, 6.45) is 5.24. The van der Waals surface area contributed by atoms with Crippen LogP contribution in [0.3, 0.4) is 0 Å². The van der Waals surface area contributed by atoms with Crippen molar-refractivity contribution in [3.05, 3.63) is 78.4 Å². The van der Waals surface area contributed by atoms with Crippen molar-refractivity contribution < 1.29 is 4.79 Å². The highest BCUT2D eigenvalue weighted by atomic mass is 16.2. The molecule has 148 valence electrons. The van der Waals surface area contributed by atoms with Crippen molar-refractivity contribution in [2.75, 3.05) is 43.0 Å². The maximum absolute atomic E-state index is 12.8. The normalized spacial score (nSPS) is 14.0. The minimum atomic E-state index is -0.0768. The third-order valence-electron chi connectivity index (χ3n) is 5.05. The lowest BCUT2D eigenvalue weighted by molar-refractivity contribution is 0.0779. The molecule has 0 radical (unpaired) electrons. The molecule has 1 aliphatic heterocycles. The van der Waals surface area contributed by atoms with E-state index in [1.807, 2.05) is 55.6 Å². The summed E-state index contributed by atoms with van der Waals surface area (Å²) >= 11 is 0. The van der Waals surface area contributed by atoms with Crippen molar-refractivity contribution in [1.29, 1.82) is 0 Å². The molecule has 0 bridgehead atoms. The highest BCUT2D eigenvalue weighted by Gasteiger charge is 2.21. The quantitative estimate of drug-likeness (QED) is 0.669. The number of hydrogen-bond acceptors (Lipinski definition) is 6. The Labute approximate surface area is 170 Å². The second kappa shape index (κ2) is 8.68. The molecule has 3 heterocycles. The van der Waals surface area contributed by atoms with Crippen LogP contribution in [0.5, 0.6) is 0 Å². The van der Waals surface area contributed by atoms with Crippen LogP contribution in [0.4, 0.5) is 11.6 Å². The molecule has 1 amide bonds. The van der Waals surface area contributed by atoms with Crippen molar-refractivity contribution >= 4 is 17.5 Å². The van der Waals surface area contributed by atoms with Gasteiger partial charge in [-0.25, -0.2) is 9.97 Å². The Balaban J connectivity index is 1.40. The lowest BCUT2D eigenvalue weighted by atomic mass is 10.2. The highest BCUT2D eigenvalue weighted by Crippen LogP contribution is 2.19. The van der Waals surface area contributed by atoms with Crippen molar-refractivity contribution in [1.82, 2.24) is 19.9 Å². The number of hydrogen-bond donors (Lipinski definition) is 0. The fourth-order valence-corrected chi connectivity index (χ4v) is 3.48. The predicted octanol–water partition coefficient (Wildman–Crippen LogP) is 2.47. The van der Waals surface area contributed by atoms with E-state index in [1.165, 1.54) is 0 Å². The maximum Gasteiger partial charge on any atom is 0.272 e. The number of carbonyl (C=O) groups is 1. The summed E-state index contributed by atoms with van der Waals surface area (Å²) in [5, 5.41) is 0. The van der Waals surface area contributed by atoms with E-state index in [0.29, 0.717) is 12.2 Å². The summed E-state index contributed by atoms with van der Waals surface area (Å²) in [6, 6.07) is 15.6. The smallest absolute Gasteiger partial charge is 0.272 e. The van der Waals surface area contributed by atoms with Gasteiger partial charge in [-0.15, -0.1) is 0 Å². The molecule has 1 aliphatic rings. The van der Waals surface area contributed by atoms with E-state index in [2.05, 4.69) is 24.8 Å². The molecule has 2 aromatic heterocycles. The van der Waals surface area contributed by atoms with Gasteiger partial charge in [-0.2, -0.15) is 0 Å². The van der Waals surface area contributed by atoms with Crippen LogP contribution in [0.25, 0.3) is 0 Å². The van der Waals surface area contributed by atoms with E-state index < -0.39 is 0 Å². The topological polar surface area (TPSA) is 65.5 Å². The zero-order valence-corrected chi connectivity index (χ0v) is 16.5. The minimum absolute atomic E-state index is 0.0768. The molecule has 4 rings (SSSR count). The summed E-state index contributed by atoms with van der Waals surface area (Å²) in [5.74, 6) is 0.687. The monoisotopic (exact) mass is 388 g/mol. The average molecular weight is 388 g/mol. The lowest BCUT2D eigenvalue weighted by Crippen LogP contribution is -2.47. The van der Waals surface area contributed by atoms with Gasteiger partial charge in [-0.1, -0.05) is 30.3 Å². The molecule has 0 saturated carbocycles. The molecule has 7 nitrogen and oxygen atoms in total. The van der Waals surface area contributed by atoms with Crippen LogP contribution >= 0.6 is 0 Å². The molecule has 1 aromatic carbocycles. The molecule has 0 atom stereocenters. The summed E-state index contributed by atoms with van der Waals surface area (Å²) in [6.45, 7) is 3.92. The Morgan fingerprint density at radius 3 is 2.31 bits per heavy atom. The first-order chi connectivity index (χ1) is 14.2. The number of anilines is 2. The molecule has 3 aromatic rings. The Bertz CT molecular complexity index is 942. The largest absolute Gasteiger partial charge is 0.368 e.